The van der Waals surface area contributed by atoms with Gasteiger partial charge in [-0.25, -0.2) is 4.90 Å². The molecule has 5 nitrogen and oxygen atoms in total. The van der Waals surface area contributed by atoms with Gasteiger partial charge in [-0.15, -0.1) is 0 Å². The number of amides is 2. The molecule has 0 radical (unpaired) electrons. The normalized spacial score (nSPS) is 17.0. The molecule has 0 bridgehead atoms. The van der Waals surface area contributed by atoms with Gasteiger partial charge in [-0.3, -0.25) is 9.59 Å². The summed E-state index contributed by atoms with van der Waals surface area (Å²) in [5.74, 6) is 0.0659. The van der Waals surface area contributed by atoms with E-state index < -0.39 is 6.04 Å². The van der Waals surface area contributed by atoms with Crippen molar-refractivity contribution in [1.82, 2.24) is 0 Å². The molecule has 1 N–H and O–H groups in total. The zero-order chi connectivity index (χ0) is 17.8. The summed E-state index contributed by atoms with van der Waals surface area (Å²) in [4.78, 5) is 26.5. The summed E-state index contributed by atoms with van der Waals surface area (Å²) in [6.45, 7) is 4.43. The molecule has 0 saturated carbocycles. The van der Waals surface area contributed by atoms with E-state index in [1.165, 1.54) is 10.5 Å². The fraction of sp³-hybridized carbons (Fsp3) is 0.300. The number of benzene rings is 2. The minimum Gasteiger partial charge on any atom is -0.492 e. The standard InChI is InChI=1S/C20H22N2O3/c1-3-14-9-11-15(12-10-14)21-16-13-19(23)22(20(16)24)17-7-5-6-8-18(17)25-4-2/h5-12,16,21H,3-4,13H2,1-2H3/t16-/m0/s1. The van der Waals surface area contributed by atoms with Crippen LogP contribution in [0.5, 0.6) is 5.75 Å². The largest absolute Gasteiger partial charge is 0.492 e. The molecule has 2 aromatic carbocycles. The summed E-state index contributed by atoms with van der Waals surface area (Å²) in [6.07, 6.45) is 1.10. The van der Waals surface area contributed by atoms with Gasteiger partial charge >= 0.3 is 0 Å². The lowest BCUT2D eigenvalue weighted by Crippen LogP contribution is -2.35. The monoisotopic (exact) mass is 338 g/mol. The molecule has 1 heterocycles. The average molecular weight is 338 g/mol. The van der Waals surface area contributed by atoms with Gasteiger partial charge in [0.15, 0.2) is 0 Å². The second kappa shape index (κ2) is 7.38. The molecular formula is C20H22N2O3. The first kappa shape index (κ1) is 17.0. The Hall–Kier alpha value is -2.82. The van der Waals surface area contributed by atoms with Crippen molar-refractivity contribution in [3.63, 3.8) is 0 Å². The predicted octanol–water partition coefficient (Wildman–Crippen LogP) is 3.39. The van der Waals surface area contributed by atoms with Crippen molar-refractivity contribution in [3.8, 4) is 5.75 Å². The number of nitrogens with zero attached hydrogens (tertiary/aromatic N) is 1. The number of imide groups is 1. The number of carbonyl (C=O) groups excluding carboxylic acids is 2. The van der Waals surface area contributed by atoms with Gasteiger partial charge < -0.3 is 10.1 Å². The van der Waals surface area contributed by atoms with Gasteiger partial charge in [-0.05, 0) is 43.2 Å². The summed E-state index contributed by atoms with van der Waals surface area (Å²) < 4.78 is 5.56. The molecule has 25 heavy (non-hydrogen) atoms. The number of rotatable bonds is 6. The van der Waals surface area contributed by atoms with E-state index in [4.69, 9.17) is 4.74 Å². The van der Waals surface area contributed by atoms with Crippen LogP contribution in [-0.2, 0) is 16.0 Å². The molecule has 1 aliphatic heterocycles. The third-order valence-electron chi connectivity index (χ3n) is 4.26. The van der Waals surface area contributed by atoms with E-state index in [0.717, 1.165) is 12.1 Å². The minimum atomic E-state index is -0.561. The third-order valence-corrected chi connectivity index (χ3v) is 4.26. The molecule has 1 fully saturated rings. The van der Waals surface area contributed by atoms with Crippen LogP contribution in [-0.4, -0.2) is 24.5 Å². The second-order valence-electron chi connectivity index (χ2n) is 5.92. The molecule has 0 spiro atoms. The molecule has 5 heteroatoms. The minimum absolute atomic E-state index is 0.134. The van der Waals surface area contributed by atoms with E-state index in [1.54, 1.807) is 18.2 Å². The van der Waals surface area contributed by atoms with Gasteiger partial charge in [0.1, 0.15) is 11.8 Å². The number of hydrogen-bond acceptors (Lipinski definition) is 4. The Bertz CT molecular complexity index is 771. The van der Waals surface area contributed by atoms with E-state index >= 15 is 0 Å². The Morgan fingerprint density at radius 3 is 2.48 bits per heavy atom. The van der Waals surface area contributed by atoms with Crippen molar-refractivity contribution < 1.29 is 14.3 Å². The van der Waals surface area contributed by atoms with Crippen LogP contribution in [0.4, 0.5) is 11.4 Å². The molecule has 0 aromatic heterocycles. The highest BCUT2D eigenvalue weighted by atomic mass is 16.5. The van der Waals surface area contributed by atoms with Crippen molar-refractivity contribution in [2.75, 3.05) is 16.8 Å². The first-order valence-corrected chi connectivity index (χ1v) is 8.58. The highest BCUT2D eigenvalue weighted by Gasteiger charge is 2.40. The quantitative estimate of drug-likeness (QED) is 0.820. The van der Waals surface area contributed by atoms with Crippen molar-refractivity contribution in [1.29, 1.82) is 0 Å². The maximum Gasteiger partial charge on any atom is 0.256 e. The van der Waals surface area contributed by atoms with E-state index in [2.05, 4.69) is 12.2 Å². The maximum atomic E-state index is 12.8. The molecule has 2 aromatic rings. The van der Waals surface area contributed by atoms with Gasteiger partial charge in [0.25, 0.3) is 5.91 Å². The summed E-state index contributed by atoms with van der Waals surface area (Å²) >= 11 is 0. The molecule has 1 atom stereocenters. The number of nitrogens with one attached hydrogen (secondary N) is 1. The molecule has 0 unspecified atom stereocenters. The van der Waals surface area contributed by atoms with Crippen LogP contribution in [0.25, 0.3) is 0 Å². The Kier molecular flexibility index (Phi) is 5.03. The number of ether oxygens (including phenoxy) is 1. The van der Waals surface area contributed by atoms with Crippen LogP contribution in [0.15, 0.2) is 48.5 Å². The van der Waals surface area contributed by atoms with Crippen molar-refractivity contribution in [3.05, 3.63) is 54.1 Å². The van der Waals surface area contributed by atoms with Gasteiger partial charge in [-0.2, -0.15) is 0 Å². The fourth-order valence-electron chi connectivity index (χ4n) is 2.96. The lowest BCUT2D eigenvalue weighted by molar-refractivity contribution is -0.121. The molecule has 3 rings (SSSR count). The zero-order valence-electron chi connectivity index (χ0n) is 14.5. The summed E-state index contributed by atoms with van der Waals surface area (Å²) in [5, 5.41) is 3.17. The number of carbonyl (C=O) groups is 2. The number of aryl methyl sites for hydroxylation is 1. The summed E-state index contributed by atoms with van der Waals surface area (Å²) in [6, 6.07) is 14.5. The number of anilines is 2. The molecule has 2 amide bonds. The Morgan fingerprint density at radius 2 is 1.80 bits per heavy atom. The van der Waals surface area contributed by atoms with Crippen molar-refractivity contribution in [2.24, 2.45) is 0 Å². The number of hydrogen-bond donors (Lipinski definition) is 1. The van der Waals surface area contributed by atoms with Crippen LogP contribution in [0.1, 0.15) is 25.8 Å². The topological polar surface area (TPSA) is 58.6 Å². The third kappa shape index (κ3) is 3.50. The molecule has 0 aliphatic carbocycles. The second-order valence-corrected chi connectivity index (χ2v) is 5.92. The molecule has 130 valence electrons. The molecule has 1 saturated heterocycles. The van der Waals surface area contributed by atoms with E-state index in [-0.39, 0.29) is 18.2 Å². The summed E-state index contributed by atoms with van der Waals surface area (Å²) in [7, 11) is 0. The van der Waals surface area contributed by atoms with Crippen molar-refractivity contribution in [2.45, 2.75) is 32.7 Å². The highest BCUT2D eigenvalue weighted by molar-refractivity contribution is 6.23. The van der Waals surface area contributed by atoms with Gasteiger partial charge in [0.05, 0.1) is 18.7 Å². The van der Waals surface area contributed by atoms with Crippen LogP contribution in [0.3, 0.4) is 0 Å². The molecule has 1 aliphatic rings. The highest BCUT2D eigenvalue weighted by Crippen LogP contribution is 2.32. The Morgan fingerprint density at radius 1 is 1.08 bits per heavy atom. The van der Waals surface area contributed by atoms with Crippen LogP contribution in [0, 0.1) is 0 Å². The van der Waals surface area contributed by atoms with Crippen molar-refractivity contribution >= 4 is 23.2 Å². The lowest BCUT2D eigenvalue weighted by atomic mass is 10.1. The predicted molar refractivity (Wildman–Crippen MR) is 98.0 cm³/mol. The van der Waals surface area contributed by atoms with Crippen LogP contribution >= 0.6 is 0 Å². The smallest absolute Gasteiger partial charge is 0.256 e. The van der Waals surface area contributed by atoms with E-state index in [0.29, 0.717) is 18.0 Å². The lowest BCUT2D eigenvalue weighted by Gasteiger charge is -2.19. The number of para-hydroxylation sites is 2. The Labute approximate surface area is 147 Å². The van der Waals surface area contributed by atoms with Gasteiger partial charge in [-0.1, -0.05) is 31.2 Å². The summed E-state index contributed by atoms with van der Waals surface area (Å²) in [5.41, 5.74) is 2.57. The maximum absolute atomic E-state index is 12.8. The van der Waals surface area contributed by atoms with E-state index in [1.807, 2.05) is 37.3 Å². The Balaban J connectivity index is 1.80. The van der Waals surface area contributed by atoms with Crippen LogP contribution < -0.4 is 15.0 Å². The van der Waals surface area contributed by atoms with Crippen LogP contribution in [0.2, 0.25) is 0 Å². The first-order valence-electron chi connectivity index (χ1n) is 8.58. The van der Waals surface area contributed by atoms with E-state index in [9.17, 15) is 9.59 Å². The van der Waals surface area contributed by atoms with Gasteiger partial charge in [0, 0.05) is 5.69 Å². The SMILES string of the molecule is CCOc1ccccc1N1C(=O)C[C@H](Nc2ccc(CC)cc2)C1=O. The first-order chi connectivity index (χ1) is 12.1. The average Bonchev–Trinajstić information content (AvgIpc) is 2.90. The molecular weight excluding hydrogens is 316 g/mol. The zero-order valence-corrected chi connectivity index (χ0v) is 14.5. The van der Waals surface area contributed by atoms with Gasteiger partial charge in [0.2, 0.25) is 5.91 Å². The fourth-order valence-corrected chi connectivity index (χ4v) is 2.96.